The van der Waals surface area contributed by atoms with Crippen LogP contribution in [0.4, 0.5) is 32.2 Å². The maximum Gasteiger partial charge on any atom is 0.435 e. The lowest BCUT2D eigenvalue weighted by Crippen LogP contribution is -2.40. The number of aliphatic imine (C=N–C) groups is 1. The Morgan fingerprint density at radius 2 is 1.80 bits per heavy atom. The summed E-state index contributed by atoms with van der Waals surface area (Å²) >= 11 is 0. The molecule has 0 saturated heterocycles. The molecule has 30 heavy (non-hydrogen) atoms. The number of hydrogen-bond donors (Lipinski definition) is 3. The van der Waals surface area contributed by atoms with Gasteiger partial charge in [-0.05, 0) is 31.2 Å². The summed E-state index contributed by atoms with van der Waals surface area (Å²) in [4.78, 5) is 16.0. The van der Waals surface area contributed by atoms with Crippen LogP contribution in [0.1, 0.15) is 28.5 Å². The van der Waals surface area contributed by atoms with Crippen molar-refractivity contribution in [3.63, 3.8) is 0 Å². The summed E-state index contributed by atoms with van der Waals surface area (Å²) in [6.45, 7) is 1.82. The van der Waals surface area contributed by atoms with Gasteiger partial charge in [0.1, 0.15) is 5.82 Å². The van der Waals surface area contributed by atoms with Gasteiger partial charge in [-0.2, -0.15) is 36.4 Å². The standard InChI is InChI=1S/C17H17F6N5O2/c1-9(8-30-2)24-15(25-13-7-12(27-28-13)17(21,22)23)26-14(29)10-3-5-11(6-4-10)16(18,19)20/h3-7,9H,8H2,1-2H3,(H3,24,25,26,27,28,29). The second kappa shape index (κ2) is 9.15. The molecule has 1 atom stereocenters. The Balaban J connectivity index is 2.25. The molecule has 0 aliphatic rings. The van der Waals surface area contributed by atoms with Crippen molar-refractivity contribution >= 4 is 17.7 Å². The van der Waals surface area contributed by atoms with Crippen molar-refractivity contribution in [3.8, 4) is 0 Å². The Hall–Kier alpha value is -3.09. The van der Waals surface area contributed by atoms with E-state index >= 15 is 0 Å². The van der Waals surface area contributed by atoms with E-state index in [9.17, 15) is 31.1 Å². The van der Waals surface area contributed by atoms with E-state index in [-0.39, 0.29) is 23.9 Å². The summed E-state index contributed by atoms with van der Waals surface area (Å²) in [5.74, 6) is -1.38. The summed E-state index contributed by atoms with van der Waals surface area (Å²) in [6, 6.07) is 3.60. The number of aromatic amines is 1. The molecule has 1 heterocycles. The number of benzene rings is 1. The number of guanidine groups is 1. The predicted molar refractivity (Wildman–Crippen MR) is 94.9 cm³/mol. The Morgan fingerprint density at radius 3 is 2.30 bits per heavy atom. The van der Waals surface area contributed by atoms with E-state index in [1.54, 1.807) is 6.92 Å². The van der Waals surface area contributed by atoms with Crippen LogP contribution in [-0.2, 0) is 17.1 Å². The lowest BCUT2D eigenvalue weighted by molar-refractivity contribution is -0.141. The molecule has 13 heteroatoms. The summed E-state index contributed by atoms with van der Waals surface area (Å²) in [5, 5.41) is 10.4. The van der Waals surface area contributed by atoms with Crippen molar-refractivity contribution in [1.82, 2.24) is 15.5 Å². The summed E-state index contributed by atoms with van der Waals surface area (Å²) < 4.78 is 80.9. The number of carbonyl (C=O) groups is 1. The van der Waals surface area contributed by atoms with E-state index in [0.717, 1.165) is 24.3 Å². The summed E-state index contributed by atoms with van der Waals surface area (Å²) in [7, 11) is 1.42. The van der Waals surface area contributed by atoms with Gasteiger partial charge < -0.3 is 15.4 Å². The molecular weight excluding hydrogens is 420 g/mol. The number of ether oxygens (including phenoxy) is 1. The van der Waals surface area contributed by atoms with Gasteiger partial charge in [0, 0.05) is 24.8 Å². The number of H-pyrrole nitrogens is 1. The molecule has 0 aliphatic carbocycles. The molecule has 1 aromatic heterocycles. The zero-order valence-electron chi connectivity index (χ0n) is 15.6. The van der Waals surface area contributed by atoms with Crippen LogP contribution < -0.4 is 10.6 Å². The minimum atomic E-state index is -4.68. The first-order valence-corrected chi connectivity index (χ1v) is 8.35. The van der Waals surface area contributed by atoms with Crippen molar-refractivity contribution in [2.24, 2.45) is 4.99 Å². The Morgan fingerprint density at radius 1 is 1.17 bits per heavy atom. The Labute approximate surface area is 166 Å². The first-order valence-electron chi connectivity index (χ1n) is 8.35. The molecule has 164 valence electrons. The first-order chi connectivity index (χ1) is 13.9. The van der Waals surface area contributed by atoms with Gasteiger partial charge in [-0.1, -0.05) is 0 Å². The fourth-order valence-electron chi connectivity index (χ4n) is 2.25. The van der Waals surface area contributed by atoms with Crippen LogP contribution in [0.25, 0.3) is 0 Å². The highest BCUT2D eigenvalue weighted by molar-refractivity contribution is 6.06. The van der Waals surface area contributed by atoms with Crippen LogP contribution >= 0.6 is 0 Å². The molecule has 2 aromatic rings. The summed E-state index contributed by atoms with van der Waals surface area (Å²) in [5.41, 5.74) is -2.28. The lowest BCUT2D eigenvalue weighted by Gasteiger charge is -2.16. The molecule has 0 radical (unpaired) electrons. The van der Waals surface area contributed by atoms with Gasteiger partial charge in [-0.15, -0.1) is 0 Å². The number of rotatable bonds is 5. The maximum absolute atomic E-state index is 12.7. The van der Waals surface area contributed by atoms with Gasteiger partial charge in [0.05, 0.1) is 12.2 Å². The van der Waals surface area contributed by atoms with Gasteiger partial charge >= 0.3 is 12.4 Å². The van der Waals surface area contributed by atoms with Gasteiger partial charge in [0.25, 0.3) is 5.91 Å². The largest absolute Gasteiger partial charge is 0.435 e. The molecule has 0 fully saturated rings. The number of nitrogens with one attached hydrogen (secondary N) is 3. The van der Waals surface area contributed by atoms with Crippen molar-refractivity contribution in [2.75, 3.05) is 19.0 Å². The molecule has 1 amide bonds. The van der Waals surface area contributed by atoms with Gasteiger partial charge in [0.2, 0.25) is 5.96 Å². The third kappa shape index (κ3) is 6.47. The Bertz CT molecular complexity index is 889. The van der Waals surface area contributed by atoms with Gasteiger partial charge in [-0.25, -0.2) is 0 Å². The topological polar surface area (TPSA) is 91.4 Å². The highest BCUT2D eigenvalue weighted by Gasteiger charge is 2.34. The predicted octanol–water partition coefficient (Wildman–Crippen LogP) is 3.68. The fourth-order valence-corrected chi connectivity index (χ4v) is 2.25. The van der Waals surface area contributed by atoms with E-state index in [0.29, 0.717) is 6.07 Å². The number of hydrogen-bond acceptors (Lipinski definition) is 3. The number of carbonyl (C=O) groups excluding carboxylic acids is 1. The molecular formula is C17H17F6N5O2. The second-order valence-electron chi connectivity index (χ2n) is 6.13. The van der Waals surface area contributed by atoms with Crippen LogP contribution in [-0.4, -0.2) is 41.8 Å². The molecule has 0 spiro atoms. The second-order valence-corrected chi connectivity index (χ2v) is 6.13. The van der Waals surface area contributed by atoms with E-state index in [4.69, 9.17) is 4.74 Å². The van der Waals surface area contributed by atoms with E-state index in [1.807, 2.05) is 0 Å². The average Bonchev–Trinajstić information content (AvgIpc) is 3.10. The minimum absolute atomic E-state index is 0.149. The fraction of sp³-hybridized carbons (Fsp3) is 0.353. The van der Waals surface area contributed by atoms with E-state index in [2.05, 4.69) is 25.8 Å². The molecule has 1 unspecified atom stereocenters. The number of halogens is 6. The van der Waals surface area contributed by atoms with Crippen molar-refractivity contribution in [3.05, 3.63) is 47.2 Å². The van der Waals surface area contributed by atoms with E-state index in [1.165, 1.54) is 7.11 Å². The molecule has 3 N–H and O–H groups in total. The van der Waals surface area contributed by atoms with Gasteiger partial charge in [0.15, 0.2) is 5.69 Å². The molecule has 0 bridgehead atoms. The third-order valence-corrected chi connectivity index (χ3v) is 3.59. The van der Waals surface area contributed by atoms with Crippen LogP contribution in [0.15, 0.2) is 35.3 Å². The molecule has 1 aromatic carbocycles. The number of amides is 1. The average molecular weight is 437 g/mol. The number of methoxy groups -OCH3 is 1. The SMILES string of the molecule is COCC(C)N/C(=N/C(=O)c1ccc(C(F)(F)F)cc1)Nc1cc(C(F)(F)F)n[nH]1. The smallest absolute Gasteiger partial charge is 0.383 e. The molecule has 2 rings (SSSR count). The summed E-state index contributed by atoms with van der Waals surface area (Å²) in [6.07, 6.45) is -9.24. The zero-order valence-corrected chi connectivity index (χ0v) is 15.6. The molecule has 7 nitrogen and oxygen atoms in total. The van der Waals surface area contributed by atoms with E-state index < -0.39 is 35.6 Å². The van der Waals surface area contributed by atoms with Crippen LogP contribution in [0, 0.1) is 0 Å². The number of nitrogens with zero attached hydrogens (tertiary/aromatic N) is 2. The minimum Gasteiger partial charge on any atom is -0.383 e. The van der Waals surface area contributed by atoms with Crippen LogP contribution in [0.3, 0.4) is 0 Å². The maximum atomic E-state index is 12.7. The third-order valence-electron chi connectivity index (χ3n) is 3.59. The Kier molecular flexibility index (Phi) is 7.08. The van der Waals surface area contributed by atoms with Crippen molar-refractivity contribution in [1.29, 1.82) is 0 Å². The lowest BCUT2D eigenvalue weighted by atomic mass is 10.1. The first kappa shape index (κ1) is 23.2. The molecule has 0 aliphatic heterocycles. The number of aromatic nitrogens is 2. The van der Waals surface area contributed by atoms with Gasteiger partial charge in [-0.3, -0.25) is 9.89 Å². The highest BCUT2D eigenvalue weighted by Crippen LogP contribution is 2.29. The van der Waals surface area contributed by atoms with Crippen molar-refractivity contribution < 1.29 is 35.9 Å². The monoisotopic (exact) mass is 437 g/mol. The zero-order chi connectivity index (χ0) is 22.5. The van der Waals surface area contributed by atoms with Crippen LogP contribution in [0.5, 0.6) is 0 Å². The van der Waals surface area contributed by atoms with Crippen LogP contribution in [0.2, 0.25) is 0 Å². The normalized spacial score (nSPS) is 13.8. The quantitative estimate of drug-likeness (QED) is 0.377. The number of anilines is 1. The highest BCUT2D eigenvalue weighted by atomic mass is 19.4. The number of alkyl halides is 6. The molecule has 0 saturated carbocycles. The van der Waals surface area contributed by atoms with Crippen molar-refractivity contribution in [2.45, 2.75) is 25.3 Å².